The monoisotopic (exact) mass is 304 g/mol. The highest BCUT2D eigenvalue weighted by Crippen LogP contribution is 2.41. The largest absolute Gasteiger partial charge is 0.502 e. The van der Waals surface area contributed by atoms with Crippen LogP contribution >= 0.6 is 0 Å². The Balaban J connectivity index is 2.44. The summed E-state index contributed by atoms with van der Waals surface area (Å²) in [5, 5.41) is 19.2. The number of carbonyl (C=O) groups is 1. The Bertz CT molecular complexity index is 681. The Hall–Kier alpha value is -2.73. The molecule has 0 fully saturated rings. The molecule has 0 aromatic heterocycles. The van der Waals surface area contributed by atoms with Gasteiger partial charge in [0.2, 0.25) is 5.75 Å². The maximum atomic E-state index is 11.0. The zero-order valence-corrected chi connectivity index (χ0v) is 12.2. The summed E-state index contributed by atoms with van der Waals surface area (Å²) < 4.78 is 15.8. The Morgan fingerprint density at radius 1 is 1.00 bits per heavy atom. The molecule has 22 heavy (non-hydrogen) atoms. The minimum Gasteiger partial charge on any atom is -0.502 e. The van der Waals surface area contributed by atoms with Gasteiger partial charge in [-0.2, -0.15) is 0 Å². The first kappa shape index (κ1) is 15.7. The summed E-state index contributed by atoms with van der Waals surface area (Å²) in [7, 11) is 2.84. The van der Waals surface area contributed by atoms with E-state index in [-0.39, 0.29) is 23.9 Å². The van der Waals surface area contributed by atoms with Gasteiger partial charge in [0.1, 0.15) is 6.29 Å². The number of aliphatic hydroxyl groups excluding tert-OH is 1. The number of carbonyl (C=O) groups excluding carboxylic acids is 1. The molecule has 2 rings (SSSR count). The third kappa shape index (κ3) is 3.12. The molecule has 0 bridgehead atoms. The lowest BCUT2D eigenvalue weighted by atomic mass is 10.2. The number of ether oxygens (including phenoxy) is 3. The van der Waals surface area contributed by atoms with Crippen molar-refractivity contribution in [1.82, 2.24) is 0 Å². The van der Waals surface area contributed by atoms with Gasteiger partial charge in [0.25, 0.3) is 0 Å². The second-order valence-corrected chi connectivity index (χ2v) is 4.43. The van der Waals surface area contributed by atoms with Gasteiger partial charge in [-0.1, -0.05) is 6.07 Å². The fourth-order valence-corrected chi connectivity index (χ4v) is 1.92. The van der Waals surface area contributed by atoms with Gasteiger partial charge in [-0.25, -0.2) is 0 Å². The number of aldehydes is 1. The molecule has 0 amide bonds. The molecule has 0 aliphatic heterocycles. The topological polar surface area (TPSA) is 85.2 Å². The number of hydrogen-bond acceptors (Lipinski definition) is 6. The zero-order chi connectivity index (χ0) is 16.1. The van der Waals surface area contributed by atoms with Crippen LogP contribution in [-0.2, 0) is 6.61 Å². The van der Waals surface area contributed by atoms with Crippen molar-refractivity contribution in [3.05, 3.63) is 41.5 Å². The van der Waals surface area contributed by atoms with E-state index in [0.717, 1.165) is 0 Å². The first-order chi connectivity index (χ1) is 10.6. The Labute approximate surface area is 127 Å². The third-order valence-electron chi connectivity index (χ3n) is 3.05. The summed E-state index contributed by atoms with van der Waals surface area (Å²) in [5.41, 5.74) is 0.961. The van der Waals surface area contributed by atoms with Gasteiger partial charge >= 0.3 is 0 Å². The second kappa shape index (κ2) is 6.82. The molecular formula is C16H16O6. The van der Waals surface area contributed by atoms with Crippen LogP contribution in [-0.4, -0.2) is 30.7 Å². The van der Waals surface area contributed by atoms with E-state index in [1.54, 1.807) is 18.2 Å². The molecule has 2 aromatic carbocycles. The van der Waals surface area contributed by atoms with Crippen LogP contribution < -0.4 is 14.2 Å². The summed E-state index contributed by atoms with van der Waals surface area (Å²) in [5.74, 6) is 0.699. The molecule has 0 saturated heterocycles. The predicted molar refractivity (Wildman–Crippen MR) is 79.0 cm³/mol. The van der Waals surface area contributed by atoms with Gasteiger partial charge in [0.15, 0.2) is 23.0 Å². The maximum Gasteiger partial charge on any atom is 0.201 e. The summed E-state index contributed by atoms with van der Waals surface area (Å²) in [6.07, 6.45) is 0.626. The molecule has 0 aliphatic rings. The van der Waals surface area contributed by atoms with Crippen LogP contribution in [0.2, 0.25) is 0 Å². The lowest BCUT2D eigenvalue weighted by Gasteiger charge is -2.14. The van der Waals surface area contributed by atoms with E-state index in [9.17, 15) is 9.90 Å². The van der Waals surface area contributed by atoms with Crippen LogP contribution in [0.15, 0.2) is 30.3 Å². The van der Waals surface area contributed by atoms with Crippen molar-refractivity contribution < 1.29 is 29.2 Å². The zero-order valence-electron chi connectivity index (χ0n) is 12.2. The SMILES string of the molecule is COc1cc(CO)ccc1Oc1cc(C=O)cc(OC)c1O. The van der Waals surface area contributed by atoms with Crippen molar-refractivity contribution in [2.45, 2.75) is 6.61 Å². The Morgan fingerprint density at radius 3 is 2.27 bits per heavy atom. The average Bonchev–Trinajstić information content (AvgIpc) is 2.56. The van der Waals surface area contributed by atoms with Gasteiger partial charge < -0.3 is 24.4 Å². The molecule has 116 valence electrons. The van der Waals surface area contributed by atoms with Gasteiger partial charge in [-0.15, -0.1) is 0 Å². The molecule has 0 aliphatic carbocycles. The summed E-state index contributed by atoms with van der Waals surface area (Å²) in [6.45, 7) is -0.129. The molecule has 6 heteroatoms. The molecule has 2 aromatic rings. The van der Waals surface area contributed by atoms with E-state index in [0.29, 0.717) is 28.9 Å². The number of aliphatic hydroxyl groups is 1. The van der Waals surface area contributed by atoms with Crippen LogP contribution in [0.1, 0.15) is 15.9 Å². The van der Waals surface area contributed by atoms with Crippen molar-refractivity contribution >= 4 is 6.29 Å². The van der Waals surface area contributed by atoms with Crippen LogP contribution in [0.25, 0.3) is 0 Å². The van der Waals surface area contributed by atoms with E-state index in [2.05, 4.69) is 0 Å². The molecule has 0 radical (unpaired) electrons. The van der Waals surface area contributed by atoms with Crippen LogP contribution in [0.3, 0.4) is 0 Å². The molecule has 0 atom stereocenters. The number of phenols is 1. The lowest BCUT2D eigenvalue weighted by molar-refractivity contribution is 0.112. The molecule has 0 spiro atoms. The smallest absolute Gasteiger partial charge is 0.201 e. The lowest BCUT2D eigenvalue weighted by Crippen LogP contribution is -1.95. The van der Waals surface area contributed by atoms with Crippen molar-refractivity contribution in [2.24, 2.45) is 0 Å². The molecule has 0 heterocycles. The maximum absolute atomic E-state index is 11.0. The van der Waals surface area contributed by atoms with E-state index in [1.165, 1.54) is 26.4 Å². The number of methoxy groups -OCH3 is 2. The van der Waals surface area contributed by atoms with Gasteiger partial charge in [0, 0.05) is 5.56 Å². The highest BCUT2D eigenvalue weighted by Gasteiger charge is 2.15. The highest BCUT2D eigenvalue weighted by molar-refractivity contribution is 5.78. The van der Waals surface area contributed by atoms with Gasteiger partial charge in [-0.05, 0) is 29.8 Å². The molecule has 2 N–H and O–H groups in total. The minimum absolute atomic E-state index is 0.0662. The summed E-state index contributed by atoms with van der Waals surface area (Å²) >= 11 is 0. The third-order valence-corrected chi connectivity index (χ3v) is 3.05. The first-order valence-corrected chi connectivity index (χ1v) is 6.44. The van der Waals surface area contributed by atoms with Crippen molar-refractivity contribution in [3.63, 3.8) is 0 Å². The number of benzene rings is 2. The summed E-state index contributed by atoms with van der Waals surface area (Å²) in [6, 6.07) is 7.68. The highest BCUT2D eigenvalue weighted by atomic mass is 16.5. The van der Waals surface area contributed by atoms with E-state index in [4.69, 9.17) is 19.3 Å². The van der Waals surface area contributed by atoms with Crippen molar-refractivity contribution in [1.29, 1.82) is 0 Å². The van der Waals surface area contributed by atoms with Crippen LogP contribution in [0.5, 0.6) is 28.7 Å². The fraction of sp³-hybridized carbons (Fsp3) is 0.188. The van der Waals surface area contributed by atoms with Crippen LogP contribution in [0, 0.1) is 0 Å². The molecule has 6 nitrogen and oxygen atoms in total. The minimum atomic E-state index is -0.221. The molecular weight excluding hydrogens is 288 g/mol. The molecule has 0 unspecified atom stereocenters. The Kier molecular flexibility index (Phi) is 4.85. The van der Waals surface area contributed by atoms with E-state index in [1.807, 2.05) is 0 Å². The van der Waals surface area contributed by atoms with Gasteiger partial charge in [0.05, 0.1) is 20.8 Å². The quantitative estimate of drug-likeness (QED) is 0.798. The van der Waals surface area contributed by atoms with Crippen LogP contribution in [0.4, 0.5) is 0 Å². The molecule has 0 saturated carbocycles. The van der Waals surface area contributed by atoms with Crippen molar-refractivity contribution in [2.75, 3.05) is 14.2 Å². The van der Waals surface area contributed by atoms with E-state index < -0.39 is 0 Å². The second-order valence-electron chi connectivity index (χ2n) is 4.43. The number of rotatable bonds is 6. The fourth-order valence-electron chi connectivity index (χ4n) is 1.92. The Morgan fingerprint density at radius 2 is 1.68 bits per heavy atom. The number of hydrogen-bond donors (Lipinski definition) is 2. The normalized spacial score (nSPS) is 10.1. The van der Waals surface area contributed by atoms with Crippen molar-refractivity contribution in [3.8, 4) is 28.7 Å². The number of aromatic hydroxyl groups is 1. The first-order valence-electron chi connectivity index (χ1n) is 6.44. The van der Waals surface area contributed by atoms with E-state index >= 15 is 0 Å². The predicted octanol–water partition coefficient (Wildman–Crippen LogP) is 2.51. The number of phenolic OH excluding ortho intramolecular Hbond substituents is 1. The standard InChI is InChI=1S/C16H16O6/c1-20-13-5-10(8-17)3-4-12(13)22-15-7-11(9-18)6-14(21-2)16(15)19/h3-7,9,17,19H,8H2,1-2H3. The average molecular weight is 304 g/mol. The van der Waals surface area contributed by atoms with Gasteiger partial charge in [-0.3, -0.25) is 4.79 Å². The summed E-state index contributed by atoms with van der Waals surface area (Å²) in [4.78, 5) is 11.0.